The Bertz CT molecular complexity index is 1350. The molecule has 0 aliphatic heterocycles. The molecule has 0 aliphatic rings. The quantitative estimate of drug-likeness (QED) is 0.499. The van der Waals surface area contributed by atoms with Gasteiger partial charge in [-0.05, 0) is 11.6 Å². The van der Waals surface area contributed by atoms with Gasteiger partial charge >= 0.3 is 0 Å². The Balaban J connectivity index is 1.82. The number of pyridine rings is 1. The van der Waals surface area contributed by atoms with Gasteiger partial charge in [0, 0.05) is 42.8 Å². The number of imidazole rings is 1. The Morgan fingerprint density at radius 1 is 1.00 bits per heavy atom. The second-order valence-corrected chi connectivity index (χ2v) is 6.82. The van der Waals surface area contributed by atoms with E-state index in [1.807, 2.05) is 72.5 Å². The number of aromatic nitrogens is 6. The number of methoxy groups -OCH3 is 1. The molecule has 1 aromatic carbocycles. The first-order valence-electron chi connectivity index (χ1n) is 9.39. The third-order valence-corrected chi connectivity index (χ3v) is 4.95. The van der Waals surface area contributed by atoms with Gasteiger partial charge in [0.2, 0.25) is 11.7 Å². The molecule has 2 N–H and O–H groups in total. The smallest absolute Gasteiger partial charge is 0.218 e. The highest BCUT2D eigenvalue weighted by Crippen LogP contribution is 2.38. The molecule has 4 heterocycles. The van der Waals surface area contributed by atoms with Crippen molar-refractivity contribution in [2.24, 2.45) is 7.05 Å². The number of hydrogen-bond acceptors (Lipinski definition) is 6. The summed E-state index contributed by atoms with van der Waals surface area (Å²) in [5, 5.41) is 4.70. The standard InChI is InChI=1S/C22H19N7O/c1-28-12-11-24-22(28)21-26-20(23)19-18(14-7-4-3-5-8-14)15(13-29(19)27-21)16-9-6-10-17(25-16)30-2/h3-13H,1-2H3,(H2,23,26,27). The van der Waals surface area contributed by atoms with Crippen LogP contribution in [0.5, 0.6) is 5.88 Å². The second kappa shape index (κ2) is 7.00. The third-order valence-electron chi connectivity index (χ3n) is 4.95. The van der Waals surface area contributed by atoms with Crippen LogP contribution >= 0.6 is 0 Å². The summed E-state index contributed by atoms with van der Waals surface area (Å²) < 4.78 is 8.93. The molecule has 0 spiro atoms. The summed E-state index contributed by atoms with van der Waals surface area (Å²) >= 11 is 0. The van der Waals surface area contributed by atoms with Gasteiger partial charge in [0.15, 0.2) is 11.6 Å². The maximum absolute atomic E-state index is 6.44. The van der Waals surface area contributed by atoms with E-state index in [0.29, 0.717) is 23.3 Å². The molecule has 5 aromatic rings. The van der Waals surface area contributed by atoms with Crippen LogP contribution < -0.4 is 10.5 Å². The van der Waals surface area contributed by atoms with Crippen LogP contribution in [0.15, 0.2) is 67.1 Å². The molecular formula is C22H19N7O. The van der Waals surface area contributed by atoms with Gasteiger partial charge in [0.25, 0.3) is 0 Å². The SMILES string of the molecule is COc1cccc(-c2cn3nc(-c4nccn4C)nc(N)c3c2-c2ccccc2)n1. The summed E-state index contributed by atoms with van der Waals surface area (Å²) in [4.78, 5) is 13.5. The molecule has 0 radical (unpaired) electrons. The first-order chi connectivity index (χ1) is 14.7. The summed E-state index contributed by atoms with van der Waals surface area (Å²) in [6, 6.07) is 15.7. The second-order valence-electron chi connectivity index (χ2n) is 6.82. The number of aryl methyl sites for hydroxylation is 1. The summed E-state index contributed by atoms with van der Waals surface area (Å²) in [6.07, 6.45) is 5.47. The lowest BCUT2D eigenvalue weighted by Gasteiger charge is -2.08. The lowest BCUT2D eigenvalue weighted by Crippen LogP contribution is -2.05. The van der Waals surface area contributed by atoms with Crippen molar-refractivity contribution in [3.05, 3.63) is 67.1 Å². The van der Waals surface area contributed by atoms with Gasteiger partial charge in [0.05, 0.1) is 12.8 Å². The number of nitrogens with zero attached hydrogens (tertiary/aromatic N) is 6. The van der Waals surface area contributed by atoms with E-state index < -0.39 is 0 Å². The molecule has 0 saturated carbocycles. The van der Waals surface area contributed by atoms with Gasteiger partial charge < -0.3 is 15.0 Å². The number of nitrogen functional groups attached to an aromatic ring is 1. The molecule has 0 aliphatic carbocycles. The zero-order valence-corrected chi connectivity index (χ0v) is 16.5. The number of benzene rings is 1. The maximum Gasteiger partial charge on any atom is 0.218 e. The van der Waals surface area contributed by atoms with Gasteiger partial charge in [-0.15, -0.1) is 5.10 Å². The van der Waals surface area contributed by atoms with Crippen LogP contribution in [0.3, 0.4) is 0 Å². The summed E-state index contributed by atoms with van der Waals surface area (Å²) in [7, 11) is 3.49. The van der Waals surface area contributed by atoms with Gasteiger partial charge in [-0.3, -0.25) is 0 Å². The fourth-order valence-electron chi connectivity index (χ4n) is 3.55. The van der Waals surface area contributed by atoms with Crippen LogP contribution in [-0.4, -0.2) is 36.2 Å². The van der Waals surface area contributed by atoms with E-state index in [4.69, 9.17) is 15.6 Å². The van der Waals surface area contributed by atoms with E-state index >= 15 is 0 Å². The molecule has 148 valence electrons. The van der Waals surface area contributed by atoms with Crippen LogP contribution in [0.1, 0.15) is 0 Å². The molecule has 0 atom stereocenters. The summed E-state index contributed by atoms with van der Waals surface area (Å²) in [5.41, 5.74) is 10.7. The average Bonchev–Trinajstić information content (AvgIpc) is 3.38. The molecule has 8 nitrogen and oxygen atoms in total. The van der Waals surface area contributed by atoms with Crippen LogP contribution in [-0.2, 0) is 7.05 Å². The number of fused-ring (bicyclic) bond motifs is 1. The Labute approximate surface area is 172 Å². The minimum absolute atomic E-state index is 0.371. The van der Waals surface area contributed by atoms with Crippen molar-refractivity contribution in [3.63, 3.8) is 0 Å². The summed E-state index contributed by atoms with van der Waals surface area (Å²) in [5.74, 6) is 2.00. The number of hydrogen-bond donors (Lipinski definition) is 1. The molecule has 0 bridgehead atoms. The first kappa shape index (κ1) is 17.9. The minimum Gasteiger partial charge on any atom is -0.481 e. The fraction of sp³-hybridized carbons (Fsp3) is 0.0909. The minimum atomic E-state index is 0.371. The number of ether oxygens (including phenoxy) is 1. The highest BCUT2D eigenvalue weighted by atomic mass is 16.5. The number of nitrogens with two attached hydrogens (primary N) is 1. The highest BCUT2D eigenvalue weighted by Gasteiger charge is 2.21. The topological polar surface area (TPSA) is 96.2 Å². The van der Waals surface area contributed by atoms with Crippen LogP contribution in [0, 0.1) is 0 Å². The molecule has 4 aromatic heterocycles. The molecule has 0 unspecified atom stereocenters. The van der Waals surface area contributed by atoms with E-state index in [-0.39, 0.29) is 0 Å². The highest BCUT2D eigenvalue weighted by molar-refractivity contribution is 5.97. The summed E-state index contributed by atoms with van der Waals surface area (Å²) in [6.45, 7) is 0. The number of anilines is 1. The van der Waals surface area contributed by atoms with E-state index in [1.54, 1.807) is 17.8 Å². The molecular weight excluding hydrogens is 378 g/mol. The van der Waals surface area contributed by atoms with Gasteiger partial charge in [-0.25, -0.2) is 19.5 Å². The third kappa shape index (κ3) is 2.86. The van der Waals surface area contributed by atoms with Crippen molar-refractivity contribution in [2.45, 2.75) is 0 Å². The van der Waals surface area contributed by atoms with Crippen molar-refractivity contribution in [1.29, 1.82) is 0 Å². The molecule has 8 heteroatoms. The zero-order valence-electron chi connectivity index (χ0n) is 16.5. The van der Waals surface area contributed by atoms with Crippen LogP contribution in [0.2, 0.25) is 0 Å². The molecule has 30 heavy (non-hydrogen) atoms. The Kier molecular flexibility index (Phi) is 4.17. The van der Waals surface area contributed by atoms with Gasteiger partial charge in [0.1, 0.15) is 5.52 Å². The Hall–Kier alpha value is -4.20. The van der Waals surface area contributed by atoms with Crippen molar-refractivity contribution in [3.8, 4) is 39.9 Å². The molecule has 5 rings (SSSR count). The predicted molar refractivity (Wildman–Crippen MR) is 115 cm³/mol. The van der Waals surface area contributed by atoms with E-state index in [2.05, 4.69) is 15.0 Å². The van der Waals surface area contributed by atoms with Crippen molar-refractivity contribution >= 4 is 11.3 Å². The lowest BCUT2D eigenvalue weighted by molar-refractivity contribution is 0.398. The zero-order chi connectivity index (χ0) is 20.7. The van der Waals surface area contributed by atoms with Gasteiger partial charge in [-0.2, -0.15) is 0 Å². The lowest BCUT2D eigenvalue weighted by atomic mass is 10.0. The van der Waals surface area contributed by atoms with E-state index in [9.17, 15) is 0 Å². The number of rotatable bonds is 4. The average molecular weight is 397 g/mol. The first-order valence-corrected chi connectivity index (χ1v) is 9.39. The van der Waals surface area contributed by atoms with E-state index in [0.717, 1.165) is 27.9 Å². The van der Waals surface area contributed by atoms with Gasteiger partial charge in [-0.1, -0.05) is 36.4 Å². The Morgan fingerprint density at radius 3 is 2.57 bits per heavy atom. The van der Waals surface area contributed by atoms with Crippen molar-refractivity contribution in [1.82, 2.24) is 29.1 Å². The fourth-order valence-corrected chi connectivity index (χ4v) is 3.55. The monoisotopic (exact) mass is 397 g/mol. The molecule has 0 saturated heterocycles. The Morgan fingerprint density at radius 2 is 1.83 bits per heavy atom. The van der Waals surface area contributed by atoms with Crippen molar-refractivity contribution < 1.29 is 4.74 Å². The van der Waals surface area contributed by atoms with Crippen LogP contribution in [0.4, 0.5) is 5.82 Å². The molecule has 0 amide bonds. The maximum atomic E-state index is 6.44. The molecule has 0 fully saturated rings. The predicted octanol–water partition coefficient (Wildman–Crippen LogP) is 3.45. The normalized spacial score (nSPS) is 11.1. The largest absolute Gasteiger partial charge is 0.481 e. The van der Waals surface area contributed by atoms with Crippen molar-refractivity contribution in [2.75, 3.05) is 12.8 Å². The van der Waals surface area contributed by atoms with Crippen LogP contribution in [0.25, 0.3) is 39.5 Å². The van der Waals surface area contributed by atoms with E-state index in [1.165, 1.54) is 0 Å².